The smallest absolute Gasteiger partial charge is 0.160 e. The van der Waals surface area contributed by atoms with Crippen LogP contribution in [-0.4, -0.2) is 22.3 Å². The van der Waals surface area contributed by atoms with E-state index in [-0.39, 0.29) is 5.38 Å². The molecule has 1 aromatic rings. The molecule has 0 aromatic carbocycles. The van der Waals surface area contributed by atoms with Gasteiger partial charge < -0.3 is 4.74 Å². The Bertz CT molecular complexity index is 324. The maximum Gasteiger partial charge on any atom is 0.160 e. The SMILES string of the molecule is COc1cnn(C)c1C1CCCC1Cl. The number of hydrogen-bond acceptors (Lipinski definition) is 2. The average Bonchev–Trinajstić information content (AvgIpc) is 2.72. The second-order valence-corrected chi connectivity index (χ2v) is 4.34. The van der Waals surface area contributed by atoms with Crippen LogP contribution in [0.4, 0.5) is 0 Å². The van der Waals surface area contributed by atoms with Crippen LogP contribution in [-0.2, 0) is 7.05 Å². The third-order valence-electron chi connectivity index (χ3n) is 2.95. The topological polar surface area (TPSA) is 27.1 Å². The zero-order chi connectivity index (χ0) is 10.1. The molecule has 2 rings (SSSR count). The van der Waals surface area contributed by atoms with Crippen LogP contribution in [0.25, 0.3) is 0 Å². The van der Waals surface area contributed by atoms with Gasteiger partial charge in [-0.25, -0.2) is 0 Å². The fraction of sp³-hybridized carbons (Fsp3) is 0.700. The maximum atomic E-state index is 6.27. The van der Waals surface area contributed by atoms with Gasteiger partial charge >= 0.3 is 0 Å². The molecule has 0 saturated heterocycles. The van der Waals surface area contributed by atoms with Crippen molar-refractivity contribution >= 4 is 11.6 Å². The lowest BCUT2D eigenvalue weighted by atomic mass is 10.0. The summed E-state index contributed by atoms with van der Waals surface area (Å²) in [4.78, 5) is 0. The summed E-state index contributed by atoms with van der Waals surface area (Å²) in [5, 5.41) is 4.43. The normalized spacial score (nSPS) is 26.8. The number of aromatic nitrogens is 2. The van der Waals surface area contributed by atoms with E-state index in [4.69, 9.17) is 16.3 Å². The third-order valence-corrected chi connectivity index (χ3v) is 3.47. The molecule has 0 amide bonds. The van der Waals surface area contributed by atoms with E-state index in [1.807, 2.05) is 11.7 Å². The van der Waals surface area contributed by atoms with Crippen LogP contribution in [0.15, 0.2) is 6.20 Å². The van der Waals surface area contributed by atoms with Gasteiger partial charge in [0, 0.05) is 18.3 Å². The van der Waals surface area contributed by atoms with Gasteiger partial charge in [-0.3, -0.25) is 4.68 Å². The van der Waals surface area contributed by atoms with E-state index in [9.17, 15) is 0 Å². The number of halogens is 1. The van der Waals surface area contributed by atoms with Crippen LogP contribution in [0.2, 0.25) is 0 Å². The quantitative estimate of drug-likeness (QED) is 0.707. The molecular weight excluding hydrogens is 200 g/mol. The van der Waals surface area contributed by atoms with Crippen molar-refractivity contribution in [2.45, 2.75) is 30.6 Å². The van der Waals surface area contributed by atoms with E-state index in [0.29, 0.717) is 5.92 Å². The van der Waals surface area contributed by atoms with Crippen LogP contribution in [0.1, 0.15) is 30.9 Å². The second kappa shape index (κ2) is 3.81. The van der Waals surface area contributed by atoms with Crippen LogP contribution < -0.4 is 4.74 Å². The lowest BCUT2D eigenvalue weighted by molar-refractivity contribution is 0.403. The fourth-order valence-corrected chi connectivity index (χ4v) is 2.63. The van der Waals surface area contributed by atoms with E-state index in [0.717, 1.165) is 24.3 Å². The van der Waals surface area contributed by atoms with Crippen molar-refractivity contribution < 1.29 is 4.74 Å². The van der Waals surface area contributed by atoms with Gasteiger partial charge in [0.05, 0.1) is 19.0 Å². The average molecular weight is 215 g/mol. The second-order valence-electron chi connectivity index (χ2n) is 3.78. The number of ether oxygens (including phenoxy) is 1. The summed E-state index contributed by atoms with van der Waals surface area (Å²) in [6.07, 6.45) is 5.20. The van der Waals surface area contributed by atoms with Crippen molar-refractivity contribution in [3.05, 3.63) is 11.9 Å². The highest BCUT2D eigenvalue weighted by Gasteiger charge is 2.31. The van der Waals surface area contributed by atoms with Crippen molar-refractivity contribution in [3.8, 4) is 5.75 Å². The van der Waals surface area contributed by atoms with Crippen molar-refractivity contribution in [1.82, 2.24) is 9.78 Å². The maximum absolute atomic E-state index is 6.27. The third kappa shape index (κ3) is 1.50. The van der Waals surface area contributed by atoms with Crippen molar-refractivity contribution in [1.29, 1.82) is 0 Å². The van der Waals surface area contributed by atoms with E-state index in [1.165, 1.54) is 6.42 Å². The Kier molecular flexibility index (Phi) is 2.68. The molecule has 1 aliphatic rings. The Morgan fingerprint density at radius 2 is 2.36 bits per heavy atom. The van der Waals surface area contributed by atoms with Gasteiger partial charge in [-0.1, -0.05) is 6.42 Å². The summed E-state index contributed by atoms with van der Waals surface area (Å²) in [6.45, 7) is 0. The monoisotopic (exact) mass is 214 g/mol. The van der Waals surface area contributed by atoms with Gasteiger partial charge in [0.25, 0.3) is 0 Å². The molecule has 4 heteroatoms. The number of rotatable bonds is 2. The predicted octanol–water partition coefficient (Wildman–Crippen LogP) is 2.30. The van der Waals surface area contributed by atoms with E-state index >= 15 is 0 Å². The summed E-state index contributed by atoms with van der Waals surface area (Å²) in [7, 11) is 3.62. The molecule has 14 heavy (non-hydrogen) atoms. The van der Waals surface area contributed by atoms with Crippen molar-refractivity contribution in [3.63, 3.8) is 0 Å². The molecular formula is C10H15ClN2O. The minimum atomic E-state index is 0.235. The molecule has 3 nitrogen and oxygen atoms in total. The van der Waals surface area contributed by atoms with E-state index in [2.05, 4.69) is 5.10 Å². The molecule has 0 aliphatic heterocycles. The zero-order valence-electron chi connectivity index (χ0n) is 8.53. The standard InChI is InChI=1S/C10H15ClN2O/c1-13-10(9(14-2)6-12-13)7-4-3-5-8(7)11/h6-8H,3-5H2,1-2H3. The summed E-state index contributed by atoms with van der Waals surface area (Å²) in [5.41, 5.74) is 1.14. The summed E-state index contributed by atoms with van der Waals surface area (Å²) < 4.78 is 7.16. The fourth-order valence-electron chi connectivity index (χ4n) is 2.23. The summed E-state index contributed by atoms with van der Waals surface area (Å²) in [6, 6.07) is 0. The van der Waals surface area contributed by atoms with Gasteiger partial charge in [-0.15, -0.1) is 11.6 Å². The highest BCUT2D eigenvalue weighted by atomic mass is 35.5. The summed E-state index contributed by atoms with van der Waals surface area (Å²) in [5.74, 6) is 1.27. The number of hydrogen-bond donors (Lipinski definition) is 0. The first-order chi connectivity index (χ1) is 6.74. The van der Waals surface area contributed by atoms with Gasteiger partial charge in [0.15, 0.2) is 5.75 Å². The zero-order valence-corrected chi connectivity index (χ0v) is 9.29. The number of alkyl halides is 1. The van der Waals surface area contributed by atoms with E-state index in [1.54, 1.807) is 13.3 Å². The first-order valence-electron chi connectivity index (χ1n) is 4.94. The Morgan fingerprint density at radius 1 is 1.57 bits per heavy atom. The molecule has 0 radical (unpaired) electrons. The molecule has 1 aromatic heterocycles. The lowest BCUT2D eigenvalue weighted by Gasteiger charge is -2.15. The van der Waals surface area contributed by atoms with Gasteiger partial charge in [-0.2, -0.15) is 5.10 Å². The Hall–Kier alpha value is -0.700. The minimum absolute atomic E-state index is 0.235. The van der Waals surface area contributed by atoms with Crippen molar-refractivity contribution in [2.24, 2.45) is 7.05 Å². The molecule has 0 N–H and O–H groups in total. The Labute approximate surface area is 89.0 Å². The molecule has 2 atom stereocenters. The first-order valence-corrected chi connectivity index (χ1v) is 5.37. The molecule has 78 valence electrons. The number of methoxy groups -OCH3 is 1. The molecule has 1 aliphatic carbocycles. The van der Waals surface area contributed by atoms with Crippen molar-refractivity contribution in [2.75, 3.05) is 7.11 Å². The predicted molar refractivity (Wildman–Crippen MR) is 56.0 cm³/mol. The Morgan fingerprint density at radius 3 is 2.93 bits per heavy atom. The minimum Gasteiger partial charge on any atom is -0.493 e. The molecule has 2 unspecified atom stereocenters. The molecule has 1 heterocycles. The first kappa shape index (κ1) is 9.84. The molecule has 1 fully saturated rings. The van der Waals surface area contributed by atoms with Crippen LogP contribution >= 0.6 is 11.6 Å². The Balaban J connectivity index is 2.33. The molecule has 1 saturated carbocycles. The van der Waals surface area contributed by atoms with Crippen LogP contribution in [0.3, 0.4) is 0 Å². The largest absolute Gasteiger partial charge is 0.493 e. The highest BCUT2D eigenvalue weighted by molar-refractivity contribution is 6.21. The van der Waals surface area contributed by atoms with E-state index < -0.39 is 0 Å². The van der Waals surface area contributed by atoms with Gasteiger partial charge in [0.1, 0.15) is 0 Å². The van der Waals surface area contributed by atoms with Gasteiger partial charge in [-0.05, 0) is 12.8 Å². The number of nitrogens with zero attached hydrogens (tertiary/aromatic N) is 2. The van der Waals surface area contributed by atoms with Gasteiger partial charge in [0.2, 0.25) is 0 Å². The van der Waals surface area contributed by atoms with Crippen LogP contribution in [0, 0.1) is 0 Å². The van der Waals surface area contributed by atoms with Crippen LogP contribution in [0.5, 0.6) is 5.75 Å². The lowest BCUT2D eigenvalue weighted by Crippen LogP contribution is -2.11. The number of aryl methyl sites for hydroxylation is 1. The molecule has 0 spiro atoms. The summed E-state index contributed by atoms with van der Waals surface area (Å²) >= 11 is 6.27. The highest BCUT2D eigenvalue weighted by Crippen LogP contribution is 2.41. The molecule has 0 bridgehead atoms.